The van der Waals surface area contributed by atoms with Crippen LogP contribution in [-0.2, 0) is 23.8 Å². The van der Waals surface area contributed by atoms with Crippen molar-refractivity contribution in [3.63, 3.8) is 0 Å². The minimum absolute atomic E-state index is 0. The summed E-state index contributed by atoms with van der Waals surface area (Å²) in [4.78, 5) is 36.1. The van der Waals surface area contributed by atoms with Crippen LogP contribution in [0, 0.1) is 18.3 Å². The first kappa shape index (κ1) is 39.8. The maximum atomic E-state index is 12.3. The maximum absolute atomic E-state index is 12.3. The number of ether oxygens (including phenoxy) is 3. The summed E-state index contributed by atoms with van der Waals surface area (Å²) in [6, 6.07) is 30.7. The summed E-state index contributed by atoms with van der Waals surface area (Å²) in [7, 11) is 0. The number of anilines is 1. The maximum Gasteiger partial charge on any atom is 1.00 e. The Kier molecular flexibility index (Phi) is 15.7. The Morgan fingerprint density at radius 3 is 2.16 bits per heavy atom. The monoisotopic (exact) mass is 758 g/mol. The van der Waals surface area contributed by atoms with Crippen LogP contribution in [0.5, 0.6) is 0 Å². The molecule has 4 aromatic rings. The van der Waals surface area contributed by atoms with Crippen molar-refractivity contribution in [2.75, 3.05) is 51.0 Å². The van der Waals surface area contributed by atoms with Crippen LogP contribution in [-0.4, -0.2) is 64.0 Å². The minimum Gasteiger partial charge on any atom is -0.486 e. The van der Waals surface area contributed by atoms with Crippen molar-refractivity contribution in [1.29, 1.82) is 5.26 Å². The summed E-state index contributed by atoms with van der Waals surface area (Å²) in [5.41, 5.74) is 11.9. The van der Waals surface area contributed by atoms with Gasteiger partial charge in [-0.1, -0.05) is 66.7 Å². The summed E-state index contributed by atoms with van der Waals surface area (Å²) in [5, 5.41) is 14.3. The second-order valence-corrected chi connectivity index (χ2v) is 12.0. The van der Waals surface area contributed by atoms with Crippen LogP contribution < -0.4 is 74.1 Å². The van der Waals surface area contributed by atoms with Crippen LogP contribution in [0.4, 0.5) is 10.5 Å². The molecule has 1 fully saturated rings. The number of fused-ring (bicyclic) bond motifs is 4. The number of amides is 2. The van der Waals surface area contributed by atoms with Gasteiger partial charge in [-0.3, -0.25) is 16.5 Å². The molecule has 4 aromatic carbocycles. The first-order valence-corrected chi connectivity index (χ1v) is 16.7. The zero-order valence-electron chi connectivity index (χ0n) is 28.9. The number of carbonyl (C=O) groups is 3. The van der Waals surface area contributed by atoms with Crippen molar-refractivity contribution < 1.29 is 86.8 Å². The summed E-state index contributed by atoms with van der Waals surface area (Å²) in [6.07, 6.45) is 4.63. The van der Waals surface area contributed by atoms with Crippen LogP contribution in [0.3, 0.4) is 0 Å². The van der Waals surface area contributed by atoms with Gasteiger partial charge in [-0.2, -0.15) is 5.26 Å². The molecule has 1 aliphatic heterocycles. The minimum atomic E-state index is -0.725. The number of esters is 1. The number of nitrogens with one attached hydrogen (secondary N) is 1. The van der Waals surface area contributed by atoms with Crippen LogP contribution in [0.2, 0.25) is 0 Å². The summed E-state index contributed by atoms with van der Waals surface area (Å²) in [5.74, 6) is -0.979. The molecule has 0 atom stereocenters. The quantitative estimate of drug-likeness (QED) is 0.0782. The molecule has 0 aromatic heterocycles. The molecule has 10 nitrogen and oxygen atoms in total. The van der Waals surface area contributed by atoms with E-state index in [0.717, 1.165) is 29.4 Å². The van der Waals surface area contributed by atoms with Crippen LogP contribution in [0.1, 0.15) is 41.9 Å². The van der Waals surface area contributed by atoms with Gasteiger partial charge in [0.05, 0.1) is 13.2 Å². The van der Waals surface area contributed by atoms with E-state index < -0.39 is 18.0 Å². The smallest absolute Gasteiger partial charge is 0.486 e. The standard InChI is InChI=1S/C25H28N3O4.C15H13NO2.Rb/c1-19(29)32-14-13-31-12-9-27-25(30)23(18-26)16-20-5-6-22-17-24(8-7-21(22)15-20)28-10-3-2-4-11-28;16-15(17)18-9-14-12-7-3-1-5-10(12)11-6-2-4-8-13(11)14;/h5-8,15-17H,1-4,9-14H2,(H,27,30);1-8,14H,9H2,(H2,16,17);/q-1;;+1/b23-16+;;. The van der Waals surface area contributed by atoms with Gasteiger partial charge in [0.2, 0.25) is 0 Å². The molecule has 0 saturated carbocycles. The number of piperidine rings is 1. The Morgan fingerprint density at radius 1 is 0.863 bits per heavy atom. The van der Waals surface area contributed by atoms with Gasteiger partial charge in [0, 0.05) is 31.2 Å². The van der Waals surface area contributed by atoms with Gasteiger partial charge >= 0.3 is 64.3 Å². The molecule has 0 unspecified atom stereocenters. The molecule has 2 amide bonds. The number of nitrogens with two attached hydrogens (primary N) is 1. The van der Waals surface area contributed by atoms with E-state index >= 15 is 0 Å². The third-order valence-corrected chi connectivity index (χ3v) is 8.62. The van der Waals surface area contributed by atoms with Crippen LogP contribution in [0.25, 0.3) is 28.0 Å². The van der Waals surface area contributed by atoms with E-state index in [1.54, 1.807) is 6.08 Å². The normalized spacial score (nSPS) is 13.4. The van der Waals surface area contributed by atoms with E-state index in [2.05, 4.69) is 64.3 Å². The summed E-state index contributed by atoms with van der Waals surface area (Å²) >= 11 is 0. The molecule has 51 heavy (non-hydrogen) atoms. The number of hydrogen-bond acceptors (Lipinski definition) is 8. The number of hydrogen-bond donors (Lipinski definition) is 2. The molecule has 1 aliphatic carbocycles. The fourth-order valence-electron chi connectivity index (χ4n) is 6.26. The van der Waals surface area contributed by atoms with E-state index in [-0.39, 0.29) is 96.0 Å². The van der Waals surface area contributed by atoms with Crippen molar-refractivity contribution in [3.05, 3.63) is 114 Å². The van der Waals surface area contributed by atoms with Gasteiger partial charge < -0.3 is 30.2 Å². The second-order valence-electron chi connectivity index (χ2n) is 12.0. The van der Waals surface area contributed by atoms with E-state index in [1.807, 2.05) is 48.5 Å². The van der Waals surface area contributed by atoms with Crippen molar-refractivity contribution in [2.24, 2.45) is 5.73 Å². The molecule has 1 heterocycles. The van der Waals surface area contributed by atoms with Crippen LogP contribution >= 0.6 is 0 Å². The number of rotatable bonds is 11. The molecule has 6 rings (SSSR count). The van der Waals surface area contributed by atoms with Crippen molar-refractivity contribution >= 4 is 40.5 Å². The molecular weight excluding hydrogens is 718 g/mol. The van der Waals surface area contributed by atoms with Gasteiger partial charge in [-0.15, -0.1) is 0 Å². The first-order valence-electron chi connectivity index (χ1n) is 16.7. The first-order chi connectivity index (χ1) is 24.3. The summed E-state index contributed by atoms with van der Waals surface area (Å²) < 4.78 is 14.9. The Morgan fingerprint density at radius 2 is 1.51 bits per heavy atom. The Balaban J connectivity index is 0.000000259. The summed E-state index contributed by atoms with van der Waals surface area (Å²) in [6.45, 7) is 6.40. The van der Waals surface area contributed by atoms with Gasteiger partial charge in [0.25, 0.3) is 5.91 Å². The average molecular weight is 759 g/mol. The van der Waals surface area contributed by atoms with Crippen LogP contribution in [0.15, 0.2) is 90.5 Å². The largest absolute Gasteiger partial charge is 1.00 e. The van der Waals surface area contributed by atoms with Gasteiger partial charge in [-0.25, -0.2) is 4.79 Å². The van der Waals surface area contributed by atoms with Crippen molar-refractivity contribution in [3.8, 4) is 17.2 Å². The Labute approximate surface area is 347 Å². The Bertz CT molecular complexity index is 1850. The number of primary amides is 1. The molecule has 3 N–H and O–H groups in total. The molecule has 258 valence electrons. The van der Waals surface area contributed by atoms with Crippen molar-refractivity contribution in [2.45, 2.75) is 25.2 Å². The SMILES string of the molecule is NC(=O)OCC1c2ccccc2-c2ccccc21.[CH2-]C(=O)OCCOCCNC(=O)/C(C#N)=C/c1ccc2cc(N3CCCCC3)ccc2c1.[Rb+]. The zero-order valence-corrected chi connectivity index (χ0v) is 33.9. The predicted molar refractivity (Wildman–Crippen MR) is 193 cm³/mol. The molecule has 1 saturated heterocycles. The number of nitrogens with zero attached hydrogens (tertiary/aromatic N) is 2. The third-order valence-electron chi connectivity index (χ3n) is 8.62. The van der Waals surface area contributed by atoms with Gasteiger partial charge in [0.1, 0.15) is 24.9 Å². The number of carbonyl (C=O) groups excluding carboxylic acids is 3. The molecule has 11 heteroatoms. The molecule has 0 bridgehead atoms. The third kappa shape index (κ3) is 11.3. The average Bonchev–Trinajstić information content (AvgIpc) is 3.46. The molecular formula is C40H41N4O6Rb. The molecule has 0 radical (unpaired) electrons. The van der Waals surface area contributed by atoms with E-state index in [9.17, 15) is 19.6 Å². The fraction of sp³-hybridized carbons (Fsp3) is 0.275. The topological polar surface area (TPSA) is 144 Å². The second kappa shape index (κ2) is 20.2. The molecule has 0 spiro atoms. The number of nitriles is 1. The van der Waals surface area contributed by atoms with Gasteiger partial charge in [0.15, 0.2) is 5.97 Å². The fourth-order valence-corrected chi connectivity index (χ4v) is 6.26. The molecule has 2 aliphatic rings. The van der Waals surface area contributed by atoms with Crippen molar-refractivity contribution in [1.82, 2.24) is 5.32 Å². The predicted octanol–water partition coefficient (Wildman–Crippen LogP) is 3.15. The van der Waals surface area contributed by atoms with E-state index in [0.29, 0.717) is 6.61 Å². The van der Waals surface area contributed by atoms with Gasteiger partial charge in [-0.05, 0) is 82.1 Å². The number of benzene rings is 4. The van der Waals surface area contributed by atoms with E-state index in [1.165, 1.54) is 47.2 Å². The zero-order chi connectivity index (χ0) is 35.3. The Hall–Kier alpha value is -3.98. The van der Waals surface area contributed by atoms with E-state index in [4.69, 9.17) is 15.2 Å².